The van der Waals surface area contributed by atoms with Crippen LogP contribution >= 0.6 is 11.6 Å². The molecule has 2 aromatic rings. The van der Waals surface area contributed by atoms with Crippen LogP contribution < -0.4 is 4.74 Å². The molecule has 1 aromatic carbocycles. The molecule has 0 spiro atoms. The molecule has 0 bridgehead atoms. The Morgan fingerprint density at radius 3 is 2.71 bits per heavy atom. The standard InChI is InChI=1S/C14H14ClNO/c1-10-3-4-13(11(2)7-10)17-14-9-16-6-5-12(14)8-15/h3-7,9H,8H2,1-2H3. The normalized spacial score (nSPS) is 10.3. The van der Waals surface area contributed by atoms with Crippen molar-refractivity contribution in [3.05, 3.63) is 53.3 Å². The van der Waals surface area contributed by atoms with Gasteiger partial charge in [0.2, 0.25) is 0 Å². The topological polar surface area (TPSA) is 22.1 Å². The Bertz CT molecular complexity index is 525. The second-order valence-corrected chi connectivity index (χ2v) is 4.26. The molecule has 0 unspecified atom stereocenters. The van der Waals surface area contributed by atoms with Crippen molar-refractivity contribution in [1.29, 1.82) is 0 Å². The molecule has 88 valence electrons. The third kappa shape index (κ3) is 2.77. The molecule has 1 aromatic heterocycles. The Morgan fingerprint density at radius 1 is 1.18 bits per heavy atom. The number of hydrogen-bond acceptors (Lipinski definition) is 2. The van der Waals surface area contributed by atoms with E-state index in [4.69, 9.17) is 16.3 Å². The summed E-state index contributed by atoms with van der Waals surface area (Å²) < 4.78 is 5.84. The zero-order valence-electron chi connectivity index (χ0n) is 9.90. The number of aromatic nitrogens is 1. The predicted molar refractivity (Wildman–Crippen MR) is 69.8 cm³/mol. The number of benzene rings is 1. The summed E-state index contributed by atoms with van der Waals surface area (Å²) in [5, 5.41) is 0. The molecule has 0 radical (unpaired) electrons. The summed E-state index contributed by atoms with van der Waals surface area (Å²) >= 11 is 5.86. The minimum Gasteiger partial charge on any atom is -0.455 e. The number of aryl methyl sites for hydroxylation is 2. The monoisotopic (exact) mass is 247 g/mol. The lowest BCUT2D eigenvalue weighted by Crippen LogP contribution is -1.92. The first kappa shape index (κ1) is 11.9. The third-order valence-corrected chi connectivity index (χ3v) is 2.85. The Balaban J connectivity index is 2.31. The molecule has 0 saturated heterocycles. The number of nitrogens with zero attached hydrogens (tertiary/aromatic N) is 1. The molecular weight excluding hydrogens is 234 g/mol. The fraction of sp³-hybridized carbons (Fsp3) is 0.214. The van der Waals surface area contributed by atoms with E-state index in [9.17, 15) is 0 Å². The Morgan fingerprint density at radius 2 is 2.00 bits per heavy atom. The molecule has 2 nitrogen and oxygen atoms in total. The smallest absolute Gasteiger partial charge is 0.150 e. The molecule has 17 heavy (non-hydrogen) atoms. The van der Waals surface area contributed by atoms with Gasteiger partial charge in [-0.2, -0.15) is 0 Å². The average molecular weight is 248 g/mol. The lowest BCUT2D eigenvalue weighted by atomic mass is 10.1. The van der Waals surface area contributed by atoms with Crippen molar-refractivity contribution in [2.75, 3.05) is 0 Å². The van der Waals surface area contributed by atoms with Crippen LogP contribution in [0.4, 0.5) is 0 Å². The highest BCUT2D eigenvalue weighted by Crippen LogP contribution is 2.28. The summed E-state index contributed by atoms with van der Waals surface area (Å²) in [6.07, 6.45) is 3.41. The van der Waals surface area contributed by atoms with Gasteiger partial charge in [0.1, 0.15) is 11.5 Å². The SMILES string of the molecule is Cc1ccc(Oc2cnccc2CCl)c(C)c1. The van der Waals surface area contributed by atoms with Gasteiger partial charge < -0.3 is 4.74 Å². The van der Waals surface area contributed by atoms with Gasteiger partial charge in [-0.1, -0.05) is 17.7 Å². The van der Waals surface area contributed by atoms with Crippen LogP contribution in [-0.4, -0.2) is 4.98 Å². The Hall–Kier alpha value is -1.54. The van der Waals surface area contributed by atoms with E-state index in [1.807, 2.05) is 25.1 Å². The van der Waals surface area contributed by atoms with E-state index in [0.29, 0.717) is 5.88 Å². The second-order valence-electron chi connectivity index (χ2n) is 3.99. The van der Waals surface area contributed by atoms with E-state index >= 15 is 0 Å². The van der Waals surface area contributed by atoms with E-state index in [2.05, 4.69) is 18.0 Å². The van der Waals surface area contributed by atoms with Crippen molar-refractivity contribution in [3.63, 3.8) is 0 Å². The van der Waals surface area contributed by atoms with Gasteiger partial charge in [-0.3, -0.25) is 4.98 Å². The molecule has 0 aliphatic rings. The van der Waals surface area contributed by atoms with Gasteiger partial charge in [0.15, 0.2) is 0 Å². The molecular formula is C14H14ClNO. The van der Waals surface area contributed by atoms with Crippen LogP contribution in [-0.2, 0) is 5.88 Å². The minimum absolute atomic E-state index is 0.419. The number of ether oxygens (including phenoxy) is 1. The van der Waals surface area contributed by atoms with E-state index in [0.717, 1.165) is 22.6 Å². The summed E-state index contributed by atoms with van der Waals surface area (Å²) in [5.74, 6) is 1.98. The summed E-state index contributed by atoms with van der Waals surface area (Å²) in [4.78, 5) is 4.05. The summed E-state index contributed by atoms with van der Waals surface area (Å²) in [5.41, 5.74) is 3.27. The van der Waals surface area contributed by atoms with Crippen molar-refractivity contribution in [2.45, 2.75) is 19.7 Å². The van der Waals surface area contributed by atoms with E-state index in [1.54, 1.807) is 12.4 Å². The van der Waals surface area contributed by atoms with Gasteiger partial charge in [-0.25, -0.2) is 0 Å². The van der Waals surface area contributed by atoms with Gasteiger partial charge in [0.25, 0.3) is 0 Å². The number of rotatable bonds is 3. The van der Waals surface area contributed by atoms with Gasteiger partial charge in [0.05, 0.1) is 12.1 Å². The molecule has 0 N–H and O–H groups in total. The van der Waals surface area contributed by atoms with Crippen LogP contribution in [0.1, 0.15) is 16.7 Å². The summed E-state index contributed by atoms with van der Waals surface area (Å²) in [6.45, 7) is 4.09. The first-order valence-corrected chi connectivity index (χ1v) is 5.98. The Labute approximate surface area is 106 Å². The second kappa shape index (κ2) is 5.19. The highest BCUT2D eigenvalue weighted by Gasteiger charge is 2.06. The predicted octanol–water partition coefficient (Wildman–Crippen LogP) is 4.23. The zero-order chi connectivity index (χ0) is 12.3. The van der Waals surface area contributed by atoms with Gasteiger partial charge in [-0.05, 0) is 31.5 Å². The molecule has 2 rings (SSSR count). The van der Waals surface area contributed by atoms with Gasteiger partial charge in [-0.15, -0.1) is 11.6 Å². The molecule has 3 heteroatoms. The molecule has 0 saturated carbocycles. The van der Waals surface area contributed by atoms with Crippen molar-refractivity contribution >= 4 is 11.6 Å². The summed E-state index contributed by atoms with van der Waals surface area (Å²) in [6, 6.07) is 7.95. The van der Waals surface area contributed by atoms with Crippen LogP contribution in [0, 0.1) is 13.8 Å². The number of hydrogen-bond donors (Lipinski definition) is 0. The van der Waals surface area contributed by atoms with Crippen LogP contribution in [0.15, 0.2) is 36.7 Å². The minimum atomic E-state index is 0.419. The zero-order valence-corrected chi connectivity index (χ0v) is 10.7. The maximum atomic E-state index is 5.86. The third-order valence-electron chi connectivity index (χ3n) is 2.56. The number of halogens is 1. The van der Waals surface area contributed by atoms with Crippen molar-refractivity contribution in [1.82, 2.24) is 4.98 Å². The summed E-state index contributed by atoms with van der Waals surface area (Å²) in [7, 11) is 0. The van der Waals surface area contributed by atoms with Crippen LogP contribution in [0.5, 0.6) is 11.5 Å². The van der Waals surface area contributed by atoms with Crippen molar-refractivity contribution in [2.24, 2.45) is 0 Å². The Kier molecular flexibility index (Phi) is 3.64. The fourth-order valence-corrected chi connectivity index (χ4v) is 1.86. The van der Waals surface area contributed by atoms with Gasteiger partial charge in [0, 0.05) is 11.8 Å². The molecule has 0 aliphatic carbocycles. The van der Waals surface area contributed by atoms with Crippen molar-refractivity contribution < 1.29 is 4.74 Å². The van der Waals surface area contributed by atoms with E-state index in [1.165, 1.54) is 5.56 Å². The van der Waals surface area contributed by atoms with Crippen molar-refractivity contribution in [3.8, 4) is 11.5 Å². The molecule has 0 fully saturated rings. The highest BCUT2D eigenvalue weighted by molar-refractivity contribution is 6.17. The molecule has 0 atom stereocenters. The van der Waals surface area contributed by atoms with Crippen LogP contribution in [0.2, 0.25) is 0 Å². The molecule has 1 heterocycles. The first-order valence-electron chi connectivity index (χ1n) is 5.44. The number of alkyl halides is 1. The van der Waals surface area contributed by atoms with E-state index < -0.39 is 0 Å². The lowest BCUT2D eigenvalue weighted by Gasteiger charge is -2.11. The maximum Gasteiger partial charge on any atom is 0.150 e. The fourth-order valence-electron chi connectivity index (χ4n) is 1.64. The van der Waals surface area contributed by atoms with Crippen LogP contribution in [0.3, 0.4) is 0 Å². The van der Waals surface area contributed by atoms with Gasteiger partial charge >= 0.3 is 0 Å². The highest BCUT2D eigenvalue weighted by atomic mass is 35.5. The average Bonchev–Trinajstić information content (AvgIpc) is 2.33. The number of pyridine rings is 1. The largest absolute Gasteiger partial charge is 0.455 e. The quantitative estimate of drug-likeness (QED) is 0.758. The lowest BCUT2D eigenvalue weighted by molar-refractivity contribution is 0.472. The van der Waals surface area contributed by atoms with E-state index in [-0.39, 0.29) is 0 Å². The molecule has 0 aliphatic heterocycles. The first-order chi connectivity index (χ1) is 8.20. The molecule has 0 amide bonds. The maximum absolute atomic E-state index is 5.86. The van der Waals surface area contributed by atoms with Crippen LogP contribution in [0.25, 0.3) is 0 Å².